The van der Waals surface area contributed by atoms with Gasteiger partial charge >= 0.3 is 18.2 Å². The first-order valence-electron chi connectivity index (χ1n) is 16.1. The van der Waals surface area contributed by atoms with Gasteiger partial charge in [-0.15, -0.1) is 11.6 Å². The lowest BCUT2D eigenvalue weighted by Gasteiger charge is -2.22. The minimum Gasteiger partial charge on any atom is -0.448 e. The molecule has 3 aromatic carbocycles. The number of ether oxygens (including phenoxy) is 2. The van der Waals surface area contributed by atoms with Crippen molar-refractivity contribution in [3.63, 3.8) is 0 Å². The van der Waals surface area contributed by atoms with Crippen LogP contribution in [0.5, 0.6) is 0 Å². The number of alkyl halides is 1. The number of primary amides is 1. The molecular weight excluding hydrogens is 666 g/mol. The monoisotopic (exact) mass is 707 g/mol. The topological polar surface area (TPSA) is 207 Å². The van der Waals surface area contributed by atoms with E-state index < -0.39 is 42.6 Å². The number of urea groups is 1. The van der Waals surface area contributed by atoms with Crippen molar-refractivity contribution in [3.8, 4) is 11.1 Å². The van der Waals surface area contributed by atoms with Crippen LogP contribution >= 0.6 is 11.6 Å². The van der Waals surface area contributed by atoms with Crippen LogP contribution in [0.1, 0.15) is 41.0 Å². The highest BCUT2D eigenvalue weighted by Gasteiger charge is 2.29. The molecule has 0 fully saturated rings. The van der Waals surface area contributed by atoms with Crippen LogP contribution in [0.15, 0.2) is 66.7 Å². The van der Waals surface area contributed by atoms with Crippen LogP contribution in [0.3, 0.4) is 0 Å². The SMILES string of the molecule is CN(Cc1cc(NC(=O)C(CCCNC(N)=O)NC(=O)CNC(=O)OCCN)ccc1CCl)C(=O)OCC1c2ccccc2-c2ccccc21. The van der Waals surface area contributed by atoms with E-state index in [4.69, 9.17) is 32.5 Å². The number of amides is 6. The minimum atomic E-state index is -1.03. The van der Waals surface area contributed by atoms with Gasteiger partial charge in [0.15, 0.2) is 0 Å². The van der Waals surface area contributed by atoms with Crippen LogP contribution in [0.2, 0.25) is 0 Å². The summed E-state index contributed by atoms with van der Waals surface area (Å²) < 4.78 is 10.6. The summed E-state index contributed by atoms with van der Waals surface area (Å²) >= 11 is 6.22. The van der Waals surface area contributed by atoms with Crippen LogP contribution < -0.4 is 32.7 Å². The molecule has 3 aromatic rings. The van der Waals surface area contributed by atoms with Gasteiger partial charge in [-0.1, -0.05) is 54.6 Å². The van der Waals surface area contributed by atoms with Gasteiger partial charge in [-0.3, -0.25) is 9.59 Å². The second-order valence-corrected chi connectivity index (χ2v) is 11.9. The fourth-order valence-corrected chi connectivity index (χ4v) is 5.88. The molecule has 0 saturated carbocycles. The number of carbonyl (C=O) groups excluding carboxylic acids is 5. The van der Waals surface area contributed by atoms with Gasteiger partial charge in [0, 0.05) is 44.2 Å². The maximum absolute atomic E-state index is 13.4. The number of nitrogens with one attached hydrogen (secondary N) is 4. The maximum Gasteiger partial charge on any atom is 0.409 e. The molecule has 14 nitrogen and oxygen atoms in total. The van der Waals surface area contributed by atoms with E-state index in [0.717, 1.165) is 27.8 Å². The van der Waals surface area contributed by atoms with Crippen molar-refractivity contribution in [3.05, 3.63) is 89.0 Å². The number of nitrogens with zero attached hydrogens (tertiary/aromatic N) is 1. The first-order chi connectivity index (χ1) is 24.1. The number of hydrogen-bond donors (Lipinski definition) is 6. The van der Waals surface area contributed by atoms with E-state index in [1.807, 2.05) is 24.3 Å². The molecule has 6 amide bonds. The highest BCUT2D eigenvalue weighted by atomic mass is 35.5. The minimum absolute atomic E-state index is 0.0165. The lowest BCUT2D eigenvalue weighted by atomic mass is 9.98. The van der Waals surface area contributed by atoms with Gasteiger partial charge in [-0.2, -0.15) is 0 Å². The first kappa shape index (κ1) is 37.5. The summed E-state index contributed by atoms with van der Waals surface area (Å²) in [6.07, 6.45) is -0.886. The highest BCUT2D eigenvalue weighted by molar-refractivity contribution is 6.17. The van der Waals surface area contributed by atoms with Crippen molar-refractivity contribution in [2.75, 3.05) is 45.2 Å². The lowest BCUT2D eigenvalue weighted by Crippen LogP contribution is -2.48. The second-order valence-electron chi connectivity index (χ2n) is 11.6. The molecule has 266 valence electrons. The van der Waals surface area contributed by atoms with Crippen molar-refractivity contribution in [1.82, 2.24) is 20.9 Å². The summed E-state index contributed by atoms with van der Waals surface area (Å²) in [6.45, 7) is 0.159. The number of hydrogen-bond acceptors (Lipinski definition) is 8. The largest absolute Gasteiger partial charge is 0.448 e. The summed E-state index contributed by atoms with van der Waals surface area (Å²) in [5.74, 6) is -1.11. The molecule has 1 aliphatic rings. The average molecular weight is 708 g/mol. The van der Waals surface area contributed by atoms with Crippen LogP contribution in [0.25, 0.3) is 11.1 Å². The van der Waals surface area contributed by atoms with Crippen LogP contribution in [0.4, 0.5) is 20.1 Å². The smallest absolute Gasteiger partial charge is 0.409 e. The van der Waals surface area contributed by atoms with Crippen molar-refractivity contribution in [2.45, 2.75) is 37.2 Å². The highest BCUT2D eigenvalue weighted by Crippen LogP contribution is 2.44. The molecule has 0 bridgehead atoms. The molecule has 1 atom stereocenters. The zero-order chi connectivity index (χ0) is 36.0. The Balaban J connectivity index is 1.39. The van der Waals surface area contributed by atoms with E-state index >= 15 is 0 Å². The van der Waals surface area contributed by atoms with Crippen molar-refractivity contribution in [1.29, 1.82) is 0 Å². The fourth-order valence-electron chi connectivity index (χ4n) is 5.62. The molecule has 0 aromatic heterocycles. The third-order valence-corrected chi connectivity index (χ3v) is 8.33. The van der Waals surface area contributed by atoms with Gasteiger partial charge in [0.05, 0.1) is 0 Å². The number of anilines is 1. The zero-order valence-electron chi connectivity index (χ0n) is 27.7. The molecule has 0 heterocycles. The normalized spacial score (nSPS) is 12.1. The number of halogens is 1. The molecule has 1 aliphatic carbocycles. The Morgan fingerprint density at radius 1 is 0.920 bits per heavy atom. The molecule has 0 saturated heterocycles. The van der Waals surface area contributed by atoms with E-state index in [1.54, 1.807) is 25.2 Å². The predicted octanol–water partition coefficient (Wildman–Crippen LogP) is 3.36. The molecule has 50 heavy (non-hydrogen) atoms. The predicted molar refractivity (Wildman–Crippen MR) is 188 cm³/mol. The third-order valence-electron chi connectivity index (χ3n) is 8.04. The Morgan fingerprint density at radius 2 is 1.60 bits per heavy atom. The maximum atomic E-state index is 13.4. The number of benzene rings is 3. The molecule has 15 heteroatoms. The summed E-state index contributed by atoms with van der Waals surface area (Å²) in [4.78, 5) is 63.3. The zero-order valence-corrected chi connectivity index (χ0v) is 28.5. The van der Waals surface area contributed by atoms with Gasteiger partial charge in [-0.05, 0) is 58.4 Å². The van der Waals surface area contributed by atoms with Crippen molar-refractivity contribution >= 4 is 47.3 Å². The van der Waals surface area contributed by atoms with Crippen LogP contribution in [-0.4, -0.2) is 80.9 Å². The van der Waals surface area contributed by atoms with Gasteiger partial charge in [0.2, 0.25) is 11.8 Å². The molecule has 0 spiro atoms. The van der Waals surface area contributed by atoms with Gasteiger partial charge in [0.25, 0.3) is 0 Å². The molecule has 4 rings (SSSR count). The summed E-state index contributed by atoms with van der Waals surface area (Å²) in [5, 5.41) is 10.1. The van der Waals surface area contributed by atoms with E-state index in [1.165, 1.54) is 4.90 Å². The molecule has 0 radical (unpaired) electrons. The number of rotatable bonds is 16. The molecule has 8 N–H and O–H groups in total. The summed E-state index contributed by atoms with van der Waals surface area (Å²) in [7, 11) is 1.62. The fraction of sp³-hybridized carbons (Fsp3) is 0.343. The first-order valence-corrected chi connectivity index (χ1v) is 16.6. The van der Waals surface area contributed by atoms with E-state index in [2.05, 4.69) is 45.5 Å². The average Bonchev–Trinajstić information content (AvgIpc) is 3.43. The lowest BCUT2D eigenvalue weighted by molar-refractivity contribution is -0.126. The Labute approximate surface area is 295 Å². The second kappa shape index (κ2) is 18.4. The molecule has 0 aliphatic heterocycles. The number of nitrogens with two attached hydrogens (primary N) is 2. The number of alkyl carbamates (subject to hydrolysis) is 1. The summed E-state index contributed by atoms with van der Waals surface area (Å²) in [6, 6.07) is 19.5. The number of carbonyl (C=O) groups is 5. The Bertz CT molecular complexity index is 1640. The van der Waals surface area contributed by atoms with Gasteiger partial charge < -0.3 is 47.1 Å². The van der Waals surface area contributed by atoms with E-state index in [-0.39, 0.29) is 51.1 Å². The van der Waals surface area contributed by atoms with Crippen molar-refractivity contribution < 1.29 is 33.4 Å². The van der Waals surface area contributed by atoms with Gasteiger partial charge in [0.1, 0.15) is 25.8 Å². The van der Waals surface area contributed by atoms with E-state index in [9.17, 15) is 24.0 Å². The van der Waals surface area contributed by atoms with E-state index in [0.29, 0.717) is 17.7 Å². The Morgan fingerprint density at radius 3 is 2.24 bits per heavy atom. The molecular formula is C35H42ClN7O7. The van der Waals surface area contributed by atoms with Crippen LogP contribution in [-0.2, 0) is 31.5 Å². The quantitative estimate of drug-likeness (QED) is 0.0959. The third kappa shape index (κ3) is 10.3. The standard InChI is InChI=1S/C35H42ClN7O7/c1-43(35(48)50-21-29-27-9-4-2-7-25(27)26-8-3-5-10-28(26)29)20-23-17-24(13-12-22(23)18-36)41-32(45)30(11-6-15-39-33(38)46)42-31(44)19-40-34(47)49-16-14-37/h2-5,7-10,12-13,17,29-30H,6,11,14-16,18-21,37H2,1H3,(H,40,47)(H,41,45)(H,42,44)(H3,38,39,46). The molecule has 1 unspecified atom stereocenters. The van der Waals surface area contributed by atoms with Gasteiger partial charge in [-0.25, -0.2) is 14.4 Å². The number of fused-ring (bicyclic) bond motifs is 3. The Hall–Kier alpha value is -5.34. The Kier molecular flexibility index (Phi) is 13.8. The van der Waals surface area contributed by atoms with Crippen LogP contribution in [0, 0.1) is 0 Å². The summed E-state index contributed by atoms with van der Waals surface area (Å²) in [5.41, 5.74) is 16.7. The van der Waals surface area contributed by atoms with Crippen molar-refractivity contribution in [2.24, 2.45) is 11.5 Å².